The summed E-state index contributed by atoms with van der Waals surface area (Å²) in [6.45, 7) is 0.934. The lowest BCUT2D eigenvalue weighted by molar-refractivity contribution is -0.139. The maximum atomic E-state index is 12.7. The highest BCUT2D eigenvalue weighted by Gasteiger charge is 2.41. The summed E-state index contributed by atoms with van der Waals surface area (Å²) < 4.78 is 0. The number of aliphatic hydroxyl groups is 1. The number of carbonyl (C=O) groups is 1. The highest BCUT2D eigenvalue weighted by molar-refractivity contribution is 5.79. The molecule has 0 spiro atoms. The van der Waals surface area contributed by atoms with Crippen molar-refractivity contribution in [1.29, 1.82) is 0 Å². The molecule has 1 amide bonds. The van der Waals surface area contributed by atoms with Gasteiger partial charge in [0.2, 0.25) is 5.91 Å². The zero-order chi connectivity index (χ0) is 13.2. The van der Waals surface area contributed by atoms with E-state index < -0.39 is 0 Å². The van der Waals surface area contributed by atoms with E-state index in [4.69, 9.17) is 0 Å². The molecule has 3 fully saturated rings. The molecule has 0 radical (unpaired) electrons. The van der Waals surface area contributed by atoms with Crippen LogP contribution in [0.15, 0.2) is 0 Å². The summed E-state index contributed by atoms with van der Waals surface area (Å²) >= 11 is 0. The summed E-state index contributed by atoms with van der Waals surface area (Å²) in [7, 11) is 0. The summed E-state index contributed by atoms with van der Waals surface area (Å²) in [4.78, 5) is 14.9. The maximum absolute atomic E-state index is 12.7. The molecule has 1 heterocycles. The second-order valence-electron chi connectivity index (χ2n) is 6.74. The first-order valence-corrected chi connectivity index (χ1v) is 8.26. The molecule has 3 aliphatic rings. The number of likely N-dealkylation sites (tertiary alicyclic amines) is 1. The zero-order valence-electron chi connectivity index (χ0n) is 11.9. The van der Waals surface area contributed by atoms with Gasteiger partial charge in [0.25, 0.3) is 0 Å². The van der Waals surface area contributed by atoms with Crippen molar-refractivity contribution in [3.8, 4) is 0 Å². The summed E-state index contributed by atoms with van der Waals surface area (Å²) in [5, 5.41) is 10.1. The second kappa shape index (κ2) is 5.82. The van der Waals surface area contributed by atoms with Crippen molar-refractivity contribution < 1.29 is 9.90 Å². The largest absolute Gasteiger partial charge is 0.393 e. The molecular formula is C16H27NO2. The van der Waals surface area contributed by atoms with E-state index in [0.717, 1.165) is 51.5 Å². The molecule has 0 aromatic carbocycles. The summed E-state index contributed by atoms with van der Waals surface area (Å²) in [5.41, 5.74) is 0. The third-order valence-corrected chi connectivity index (χ3v) is 5.56. The predicted molar refractivity (Wildman–Crippen MR) is 74.7 cm³/mol. The molecule has 3 atom stereocenters. The van der Waals surface area contributed by atoms with Gasteiger partial charge in [-0.25, -0.2) is 0 Å². The van der Waals surface area contributed by atoms with Gasteiger partial charge in [0.1, 0.15) is 0 Å². The highest BCUT2D eigenvalue weighted by atomic mass is 16.3. The van der Waals surface area contributed by atoms with Gasteiger partial charge in [-0.05, 0) is 38.5 Å². The van der Waals surface area contributed by atoms with Crippen LogP contribution in [0.25, 0.3) is 0 Å². The Bertz CT molecular complexity index is 325. The first kappa shape index (κ1) is 13.4. The molecule has 1 aliphatic heterocycles. The highest BCUT2D eigenvalue weighted by Crippen LogP contribution is 2.37. The fourth-order valence-electron chi connectivity index (χ4n) is 4.51. The van der Waals surface area contributed by atoms with E-state index >= 15 is 0 Å². The summed E-state index contributed by atoms with van der Waals surface area (Å²) in [6, 6.07) is 0.340. The van der Waals surface area contributed by atoms with Gasteiger partial charge in [0, 0.05) is 24.4 Å². The Morgan fingerprint density at radius 3 is 2.37 bits per heavy atom. The SMILES string of the molecule is O=C(C1CCCCC1)N1CCCC1C1CCCC1O. The Labute approximate surface area is 116 Å². The Morgan fingerprint density at radius 1 is 0.895 bits per heavy atom. The fourth-order valence-corrected chi connectivity index (χ4v) is 4.51. The number of aliphatic hydroxyl groups excluding tert-OH is 1. The van der Waals surface area contributed by atoms with E-state index in [-0.39, 0.29) is 12.0 Å². The van der Waals surface area contributed by atoms with Crippen molar-refractivity contribution in [3.63, 3.8) is 0 Å². The quantitative estimate of drug-likeness (QED) is 0.834. The summed E-state index contributed by atoms with van der Waals surface area (Å²) in [6.07, 6.45) is 11.2. The van der Waals surface area contributed by atoms with Crippen LogP contribution >= 0.6 is 0 Å². The van der Waals surface area contributed by atoms with Crippen molar-refractivity contribution in [2.45, 2.75) is 76.4 Å². The number of rotatable bonds is 2. The summed E-state index contributed by atoms with van der Waals surface area (Å²) in [5.74, 6) is 1.05. The van der Waals surface area contributed by atoms with Gasteiger partial charge in [-0.2, -0.15) is 0 Å². The van der Waals surface area contributed by atoms with Crippen molar-refractivity contribution in [2.24, 2.45) is 11.8 Å². The third-order valence-electron chi connectivity index (χ3n) is 5.56. The Balaban J connectivity index is 1.66. The molecule has 19 heavy (non-hydrogen) atoms. The van der Waals surface area contributed by atoms with E-state index in [0.29, 0.717) is 17.9 Å². The number of amides is 1. The maximum Gasteiger partial charge on any atom is 0.225 e. The predicted octanol–water partition coefficient (Wildman–Crippen LogP) is 2.72. The Kier molecular flexibility index (Phi) is 4.11. The van der Waals surface area contributed by atoms with Gasteiger partial charge in [-0.15, -0.1) is 0 Å². The molecule has 3 heteroatoms. The Hall–Kier alpha value is -0.570. The zero-order valence-corrected chi connectivity index (χ0v) is 11.9. The van der Waals surface area contributed by atoms with Crippen LogP contribution in [-0.4, -0.2) is 34.6 Å². The second-order valence-corrected chi connectivity index (χ2v) is 6.74. The first-order chi connectivity index (χ1) is 9.27. The van der Waals surface area contributed by atoms with E-state index in [1.807, 2.05) is 0 Å². The molecule has 108 valence electrons. The average Bonchev–Trinajstić information content (AvgIpc) is 3.07. The standard InChI is InChI=1S/C16H27NO2/c18-15-10-4-8-13(15)14-9-5-11-17(14)16(19)12-6-2-1-3-7-12/h12-15,18H,1-11H2. The number of carbonyl (C=O) groups excluding carboxylic acids is 1. The topological polar surface area (TPSA) is 40.5 Å². The lowest BCUT2D eigenvalue weighted by atomic mass is 9.87. The molecule has 1 saturated heterocycles. The average molecular weight is 265 g/mol. The number of hydrogen-bond donors (Lipinski definition) is 1. The van der Waals surface area contributed by atoms with Crippen LogP contribution in [0.1, 0.15) is 64.2 Å². The van der Waals surface area contributed by atoms with Crippen LogP contribution in [0.4, 0.5) is 0 Å². The van der Waals surface area contributed by atoms with Gasteiger partial charge >= 0.3 is 0 Å². The van der Waals surface area contributed by atoms with Crippen molar-refractivity contribution in [2.75, 3.05) is 6.54 Å². The molecule has 1 N–H and O–H groups in total. The van der Waals surface area contributed by atoms with Crippen molar-refractivity contribution in [1.82, 2.24) is 4.90 Å². The molecule has 0 bridgehead atoms. The van der Waals surface area contributed by atoms with Gasteiger partial charge in [-0.1, -0.05) is 25.7 Å². The van der Waals surface area contributed by atoms with Gasteiger partial charge in [0.15, 0.2) is 0 Å². The van der Waals surface area contributed by atoms with E-state index in [1.54, 1.807) is 0 Å². The lowest BCUT2D eigenvalue weighted by Gasteiger charge is -2.34. The first-order valence-electron chi connectivity index (χ1n) is 8.26. The molecule has 2 saturated carbocycles. The number of nitrogens with zero attached hydrogens (tertiary/aromatic N) is 1. The molecule has 3 nitrogen and oxygen atoms in total. The minimum atomic E-state index is -0.162. The molecule has 3 rings (SSSR count). The minimum Gasteiger partial charge on any atom is -0.393 e. The van der Waals surface area contributed by atoms with E-state index in [9.17, 15) is 9.90 Å². The third kappa shape index (κ3) is 2.67. The molecule has 2 aliphatic carbocycles. The van der Waals surface area contributed by atoms with Crippen LogP contribution in [0, 0.1) is 11.8 Å². The number of hydrogen-bond acceptors (Lipinski definition) is 2. The van der Waals surface area contributed by atoms with E-state index in [1.165, 1.54) is 19.3 Å². The Morgan fingerprint density at radius 2 is 1.68 bits per heavy atom. The van der Waals surface area contributed by atoms with Gasteiger partial charge in [0.05, 0.1) is 6.10 Å². The molecular weight excluding hydrogens is 238 g/mol. The van der Waals surface area contributed by atoms with Crippen molar-refractivity contribution in [3.05, 3.63) is 0 Å². The van der Waals surface area contributed by atoms with Crippen LogP contribution in [0.3, 0.4) is 0 Å². The lowest BCUT2D eigenvalue weighted by Crippen LogP contribution is -2.45. The monoisotopic (exact) mass is 265 g/mol. The van der Waals surface area contributed by atoms with E-state index in [2.05, 4.69) is 4.90 Å². The fraction of sp³-hybridized carbons (Fsp3) is 0.938. The molecule has 0 aromatic rings. The van der Waals surface area contributed by atoms with Gasteiger partial charge in [-0.3, -0.25) is 4.79 Å². The minimum absolute atomic E-state index is 0.162. The van der Waals surface area contributed by atoms with Crippen LogP contribution < -0.4 is 0 Å². The molecule has 0 aromatic heterocycles. The normalized spacial score (nSPS) is 36.9. The van der Waals surface area contributed by atoms with Crippen LogP contribution in [0.2, 0.25) is 0 Å². The van der Waals surface area contributed by atoms with Crippen LogP contribution in [-0.2, 0) is 4.79 Å². The smallest absolute Gasteiger partial charge is 0.225 e. The van der Waals surface area contributed by atoms with Crippen molar-refractivity contribution >= 4 is 5.91 Å². The molecule has 3 unspecified atom stereocenters. The van der Waals surface area contributed by atoms with Crippen LogP contribution in [0.5, 0.6) is 0 Å². The van der Waals surface area contributed by atoms with Gasteiger partial charge < -0.3 is 10.0 Å².